The van der Waals surface area contributed by atoms with Gasteiger partial charge in [0.2, 0.25) is 0 Å². The number of amidine groups is 1. The van der Waals surface area contributed by atoms with Crippen LogP contribution in [0.1, 0.15) is 16.7 Å². The van der Waals surface area contributed by atoms with Crippen LogP contribution < -0.4 is 10.2 Å². The second kappa shape index (κ2) is 8.33. The van der Waals surface area contributed by atoms with Crippen molar-refractivity contribution in [1.82, 2.24) is 10.4 Å². The summed E-state index contributed by atoms with van der Waals surface area (Å²) in [5.74, 6) is 1.17. The van der Waals surface area contributed by atoms with Crippen LogP contribution in [0.25, 0.3) is 0 Å². The van der Waals surface area contributed by atoms with Gasteiger partial charge in [0.15, 0.2) is 11.8 Å². The van der Waals surface area contributed by atoms with E-state index in [1.54, 1.807) is 6.26 Å². The summed E-state index contributed by atoms with van der Waals surface area (Å²) in [6.07, 6.45) is 1.61. The SMILES string of the molecule is Cc1ccccc1OCC(=O)N1NC(c2ccco2)SC1=Nc1ccccc1. The van der Waals surface area contributed by atoms with Gasteiger partial charge in [-0.25, -0.2) is 15.4 Å². The predicted molar refractivity (Wildman–Crippen MR) is 109 cm³/mol. The lowest BCUT2D eigenvalue weighted by atomic mass is 10.2. The fraction of sp³-hybridized carbons (Fsp3) is 0.143. The van der Waals surface area contributed by atoms with Gasteiger partial charge in [0.25, 0.3) is 5.91 Å². The number of aryl methyl sites for hydroxylation is 1. The Bertz CT molecular complexity index is 974. The number of amides is 1. The number of carbonyl (C=O) groups is 1. The van der Waals surface area contributed by atoms with Crippen molar-refractivity contribution in [3.63, 3.8) is 0 Å². The van der Waals surface area contributed by atoms with Crippen LogP contribution in [0.4, 0.5) is 5.69 Å². The monoisotopic (exact) mass is 393 g/mol. The molecule has 2 heterocycles. The number of hydrazine groups is 1. The molecule has 2 aromatic carbocycles. The van der Waals surface area contributed by atoms with Crippen molar-refractivity contribution in [3.8, 4) is 5.75 Å². The molecule has 6 nitrogen and oxygen atoms in total. The largest absolute Gasteiger partial charge is 0.483 e. The van der Waals surface area contributed by atoms with E-state index in [-0.39, 0.29) is 17.9 Å². The molecule has 0 spiro atoms. The van der Waals surface area contributed by atoms with Crippen LogP contribution in [-0.2, 0) is 4.79 Å². The lowest BCUT2D eigenvalue weighted by Gasteiger charge is -2.17. The van der Waals surface area contributed by atoms with Gasteiger partial charge in [0.1, 0.15) is 16.9 Å². The zero-order chi connectivity index (χ0) is 19.3. The molecule has 1 saturated heterocycles. The number of ether oxygens (including phenoxy) is 1. The van der Waals surface area contributed by atoms with Crippen molar-refractivity contribution in [2.24, 2.45) is 4.99 Å². The summed E-state index contributed by atoms with van der Waals surface area (Å²) in [6, 6.07) is 20.8. The normalized spacial score (nSPS) is 17.8. The van der Waals surface area contributed by atoms with Crippen LogP contribution in [0.5, 0.6) is 5.75 Å². The van der Waals surface area contributed by atoms with Gasteiger partial charge in [-0.2, -0.15) is 0 Å². The molecule has 0 saturated carbocycles. The van der Waals surface area contributed by atoms with Crippen LogP contribution in [0.2, 0.25) is 0 Å². The van der Waals surface area contributed by atoms with Gasteiger partial charge in [0.05, 0.1) is 12.0 Å². The Kier molecular flexibility index (Phi) is 5.45. The van der Waals surface area contributed by atoms with Crippen molar-refractivity contribution in [3.05, 3.63) is 84.3 Å². The summed E-state index contributed by atoms with van der Waals surface area (Å²) in [6.45, 7) is 1.84. The standard InChI is InChI=1S/C21H19N3O3S/c1-15-8-5-6-11-17(15)27-14-19(25)24-21(22-16-9-3-2-4-10-16)28-20(23-24)18-12-7-13-26-18/h2-13,20,23H,14H2,1H3. The Morgan fingerprint density at radius 3 is 2.68 bits per heavy atom. The summed E-state index contributed by atoms with van der Waals surface area (Å²) in [5.41, 5.74) is 4.90. The number of aliphatic imine (C=N–C) groups is 1. The van der Waals surface area contributed by atoms with Crippen LogP contribution in [0, 0.1) is 6.92 Å². The second-order valence-electron chi connectivity index (χ2n) is 6.16. The topological polar surface area (TPSA) is 67.1 Å². The molecule has 142 valence electrons. The zero-order valence-electron chi connectivity index (χ0n) is 15.2. The van der Waals surface area contributed by atoms with Crippen LogP contribution in [0.15, 0.2) is 82.4 Å². The Morgan fingerprint density at radius 1 is 1.14 bits per heavy atom. The molecule has 3 aromatic rings. The summed E-state index contributed by atoms with van der Waals surface area (Å²) >= 11 is 1.42. The molecule has 1 fully saturated rings. The molecule has 28 heavy (non-hydrogen) atoms. The number of nitrogens with one attached hydrogen (secondary N) is 1. The molecule has 1 N–H and O–H groups in total. The third-order valence-corrected chi connectivity index (χ3v) is 5.20. The first-order chi connectivity index (χ1) is 13.7. The van der Waals surface area contributed by atoms with Gasteiger partial charge in [-0.05, 0) is 42.8 Å². The van der Waals surface area contributed by atoms with Crippen LogP contribution in [0.3, 0.4) is 0 Å². The predicted octanol–water partition coefficient (Wildman–Crippen LogP) is 4.43. The number of hydrogen-bond donors (Lipinski definition) is 1. The highest BCUT2D eigenvalue weighted by Crippen LogP contribution is 2.36. The van der Waals surface area contributed by atoms with Crippen molar-refractivity contribution >= 4 is 28.5 Å². The van der Waals surface area contributed by atoms with Crippen molar-refractivity contribution < 1.29 is 13.9 Å². The first kappa shape index (κ1) is 18.3. The summed E-state index contributed by atoms with van der Waals surface area (Å²) < 4.78 is 11.2. The molecule has 0 bridgehead atoms. The van der Waals surface area contributed by atoms with Crippen molar-refractivity contribution in [2.45, 2.75) is 12.3 Å². The van der Waals surface area contributed by atoms with Crippen LogP contribution in [-0.4, -0.2) is 22.7 Å². The Hall–Kier alpha value is -3.03. The number of thioether (sulfide) groups is 1. The first-order valence-electron chi connectivity index (χ1n) is 8.82. The third kappa shape index (κ3) is 4.11. The van der Waals surface area contributed by atoms with E-state index in [1.165, 1.54) is 16.8 Å². The molecular weight excluding hydrogens is 374 g/mol. The van der Waals surface area contributed by atoms with E-state index in [1.807, 2.05) is 73.7 Å². The van der Waals surface area contributed by atoms with Gasteiger partial charge < -0.3 is 9.15 Å². The third-order valence-electron chi connectivity index (χ3n) is 4.14. The Balaban J connectivity index is 1.54. The minimum Gasteiger partial charge on any atom is -0.483 e. The minimum absolute atomic E-state index is 0.100. The molecule has 1 aliphatic heterocycles. The lowest BCUT2D eigenvalue weighted by Crippen LogP contribution is -2.43. The van der Waals surface area contributed by atoms with E-state index in [0.29, 0.717) is 10.9 Å². The van der Waals surface area contributed by atoms with E-state index in [4.69, 9.17) is 9.15 Å². The van der Waals surface area contributed by atoms with Gasteiger partial charge in [0, 0.05) is 0 Å². The van der Waals surface area contributed by atoms with Crippen LogP contribution >= 0.6 is 11.8 Å². The number of carbonyl (C=O) groups excluding carboxylic acids is 1. The molecule has 0 aliphatic carbocycles. The fourth-order valence-corrected chi connectivity index (χ4v) is 3.75. The maximum Gasteiger partial charge on any atom is 0.281 e. The Labute approximate surface area is 167 Å². The zero-order valence-corrected chi connectivity index (χ0v) is 16.1. The maximum absolute atomic E-state index is 12.9. The quantitative estimate of drug-likeness (QED) is 0.694. The van der Waals surface area contributed by atoms with E-state index < -0.39 is 0 Å². The maximum atomic E-state index is 12.9. The van der Waals surface area contributed by atoms with E-state index in [2.05, 4.69) is 10.4 Å². The molecule has 1 atom stereocenters. The number of furan rings is 1. The fourth-order valence-electron chi connectivity index (χ4n) is 2.71. The van der Waals surface area contributed by atoms with E-state index >= 15 is 0 Å². The number of hydrogen-bond acceptors (Lipinski definition) is 6. The average Bonchev–Trinajstić information content (AvgIpc) is 3.38. The van der Waals surface area contributed by atoms with Gasteiger partial charge in [-0.1, -0.05) is 48.2 Å². The lowest BCUT2D eigenvalue weighted by molar-refractivity contribution is -0.131. The minimum atomic E-state index is -0.237. The highest BCUT2D eigenvalue weighted by molar-refractivity contribution is 8.14. The van der Waals surface area contributed by atoms with Gasteiger partial charge >= 0.3 is 0 Å². The van der Waals surface area contributed by atoms with Crippen molar-refractivity contribution in [1.29, 1.82) is 0 Å². The molecular formula is C21H19N3O3S. The Morgan fingerprint density at radius 2 is 1.93 bits per heavy atom. The number of benzene rings is 2. The molecule has 1 amide bonds. The molecule has 4 rings (SSSR count). The summed E-state index contributed by atoms with van der Waals surface area (Å²) in [7, 11) is 0. The highest BCUT2D eigenvalue weighted by Gasteiger charge is 2.35. The van der Waals surface area contributed by atoms with E-state index in [0.717, 1.165) is 17.0 Å². The number of para-hydroxylation sites is 2. The van der Waals surface area contributed by atoms with E-state index in [9.17, 15) is 4.79 Å². The highest BCUT2D eigenvalue weighted by atomic mass is 32.2. The summed E-state index contributed by atoms with van der Waals surface area (Å²) in [4.78, 5) is 17.5. The first-order valence-corrected chi connectivity index (χ1v) is 9.70. The smallest absolute Gasteiger partial charge is 0.281 e. The molecule has 1 aliphatic rings. The molecule has 1 unspecified atom stereocenters. The van der Waals surface area contributed by atoms with Gasteiger partial charge in [-0.15, -0.1) is 0 Å². The van der Waals surface area contributed by atoms with Gasteiger partial charge in [-0.3, -0.25) is 4.79 Å². The number of rotatable bonds is 5. The molecule has 7 heteroatoms. The van der Waals surface area contributed by atoms with Crippen molar-refractivity contribution in [2.75, 3.05) is 6.61 Å². The molecule has 0 radical (unpaired) electrons. The average molecular weight is 393 g/mol. The second-order valence-corrected chi connectivity index (χ2v) is 7.23. The molecule has 1 aromatic heterocycles. The summed E-state index contributed by atoms with van der Waals surface area (Å²) in [5, 5.41) is 1.74. The number of nitrogens with zero attached hydrogens (tertiary/aromatic N) is 2.